The summed E-state index contributed by atoms with van der Waals surface area (Å²) < 4.78 is 10.9. The Morgan fingerprint density at radius 3 is 2.50 bits per heavy atom. The molecule has 0 radical (unpaired) electrons. The van der Waals surface area contributed by atoms with Gasteiger partial charge in [0.15, 0.2) is 0 Å². The first-order chi connectivity index (χ1) is 8.72. The minimum Gasteiger partial charge on any atom is -0.477 e. The molecule has 5 nitrogen and oxygen atoms in total. The first kappa shape index (κ1) is 13.1. The number of ether oxygens (including phenoxy) is 2. The van der Waals surface area contributed by atoms with Gasteiger partial charge in [0, 0.05) is 0 Å². The minimum atomic E-state index is -0.207. The van der Waals surface area contributed by atoms with Crippen molar-refractivity contribution in [2.45, 2.75) is 44.6 Å². The molecule has 0 aliphatic heterocycles. The van der Waals surface area contributed by atoms with E-state index in [1.165, 1.54) is 19.3 Å². The van der Waals surface area contributed by atoms with E-state index in [0.29, 0.717) is 25.0 Å². The number of nitrogens with zero attached hydrogens (tertiary/aromatic N) is 2. The van der Waals surface area contributed by atoms with E-state index < -0.39 is 0 Å². The molecular weight excluding hydrogens is 230 g/mol. The predicted octanol–water partition coefficient (Wildman–Crippen LogP) is 1.92. The van der Waals surface area contributed by atoms with Gasteiger partial charge in [-0.1, -0.05) is 19.3 Å². The van der Waals surface area contributed by atoms with Crippen molar-refractivity contribution >= 4 is 0 Å². The highest BCUT2D eigenvalue weighted by Gasteiger charge is 2.28. The van der Waals surface area contributed by atoms with Crippen molar-refractivity contribution in [3.63, 3.8) is 0 Å². The van der Waals surface area contributed by atoms with E-state index in [4.69, 9.17) is 15.2 Å². The van der Waals surface area contributed by atoms with E-state index in [1.54, 1.807) is 12.4 Å². The molecular formula is C13H21N3O2. The third-order valence-electron chi connectivity index (χ3n) is 3.24. The third-order valence-corrected chi connectivity index (χ3v) is 3.24. The smallest absolute Gasteiger partial charge is 0.235 e. The van der Waals surface area contributed by atoms with Crippen LogP contribution in [0.1, 0.15) is 39.0 Å². The van der Waals surface area contributed by atoms with Gasteiger partial charge in [0.2, 0.25) is 11.8 Å². The lowest BCUT2D eigenvalue weighted by Gasteiger charge is -2.32. The molecule has 2 rings (SSSR count). The van der Waals surface area contributed by atoms with E-state index in [-0.39, 0.29) is 5.54 Å². The van der Waals surface area contributed by atoms with Crippen molar-refractivity contribution in [2.75, 3.05) is 13.2 Å². The number of nitrogens with two attached hydrogens (primary N) is 1. The summed E-state index contributed by atoms with van der Waals surface area (Å²) in [7, 11) is 0. The molecule has 1 fully saturated rings. The van der Waals surface area contributed by atoms with Crippen molar-refractivity contribution in [3.8, 4) is 11.8 Å². The monoisotopic (exact) mass is 251 g/mol. The summed E-state index contributed by atoms with van der Waals surface area (Å²) in [6.07, 6.45) is 8.86. The quantitative estimate of drug-likeness (QED) is 0.865. The molecule has 1 aliphatic rings. The van der Waals surface area contributed by atoms with Crippen molar-refractivity contribution in [2.24, 2.45) is 5.73 Å². The van der Waals surface area contributed by atoms with Crippen LogP contribution in [0.3, 0.4) is 0 Å². The summed E-state index contributed by atoms with van der Waals surface area (Å²) in [4.78, 5) is 8.25. The second kappa shape index (κ2) is 6.00. The molecule has 0 amide bonds. The fraction of sp³-hybridized carbons (Fsp3) is 0.692. The van der Waals surface area contributed by atoms with Gasteiger partial charge < -0.3 is 15.2 Å². The molecule has 1 heterocycles. The maximum atomic E-state index is 6.30. The highest BCUT2D eigenvalue weighted by Crippen LogP contribution is 2.26. The Bertz CT molecular complexity index is 378. The molecule has 18 heavy (non-hydrogen) atoms. The SMILES string of the molecule is CCOc1cncc(OCC2(N)CCCCC2)n1. The molecule has 1 aromatic heterocycles. The van der Waals surface area contributed by atoms with Gasteiger partial charge in [-0.15, -0.1) is 0 Å². The van der Waals surface area contributed by atoms with Crippen molar-refractivity contribution in [1.29, 1.82) is 0 Å². The maximum Gasteiger partial charge on any atom is 0.235 e. The van der Waals surface area contributed by atoms with E-state index >= 15 is 0 Å². The highest BCUT2D eigenvalue weighted by atomic mass is 16.5. The van der Waals surface area contributed by atoms with Crippen LogP contribution in [0.4, 0.5) is 0 Å². The average Bonchev–Trinajstić information content (AvgIpc) is 2.38. The molecule has 0 bridgehead atoms. The molecule has 2 N–H and O–H groups in total. The second-order valence-corrected chi connectivity index (χ2v) is 4.84. The van der Waals surface area contributed by atoms with Gasteiger partial charge in [-0.25, -0.2) is 0 Å². The summed E-state index contributed by atoms with van der Waals surface area (Å²) >= 11 is 0. The Morgan fingerprint density at radius 1 is 1.17 bits per heavy atom. The zero-order valence-corrected chi connectivity index (χ0v) is 10.9. The molecule has 0 spiro atoms. The van der Waals surface area contributed by atoms with Gasteiger partial charge >= 0.3 is 0 Å². The van der Waals surface area contributed by atoms with Crippen LogP contribution >= 0.6 is 0 Å². The molecule has 1 saturated carbocycles. The van der Waals surface area contributed by atoms with Crippen LogP contribution in [0.5, 0.6) is 11.8 Å². The predicted molar refractivity (Wildman–Crippen MR) is 68.7 cm³/mol. The van der Waals surface area contributed by atoms with Crippen LogP contribution in [-0.2, 0) is 0 Å². The molecule has 1 aliphatic carbocycles. The molecule has 100 valence electrons. The van der Waals surface area contributed by atoms with Crippen LogP contribution < -0.4 is 15.2 Å². The molecule has 0 aromatic carbocycles. The van der Waals surface area contributed by atoms with E-state index in [2.05, 4.69) is 9.97 Å². The maximum absolute atomic E-state index is 6.30. The lowest BCUT2D eigenvalue weighted by molar-refractivity contribution is 0.167. The van der Waals surface area contributed by atoms with Crippen molar-refractivity contribution in [1.82, 2.24) is 9.97 Å². The topological polar surface area (TPSA) is 70.3 Å². The van der Waals surface area contributed by atoms with Gasteiger partial charge in [0.05, 0.1) is 24.5 Å². The normalized spacial score (nSPS) is 18.3. The Kier molecular flexibility index (Phi) is 4.36. The van der Waals surface area contributed by atoms with Gasteiger partial charge in [-0.2, -0.15) is 4.98 Å². The summed E-state index contributed by atoms with van der Waals surface area (Å²) in [5.74, 6) is 0.973. The van der Waals surface area contributed by atoms with Gasteiger partial charge in [-0.05, 0) is 19.8 Å². The molecule has 0 unspecified atom stereocenters. The van der Waals surface area contributed by atoms with Crippen LogP contribution in [0, 0.1) is 0 Å². The zero-order valence-electron chi connectivity index (χ0n) is 10.9. The van der Waals surface area contributed by atoms with Gasteiger partial charge in [0.1, 0.15) is 6.61 Å². The second-order valence-electron chi connectivity index (χ2n) is 4.84. The summed E-state index contributed by atoms with van der Waals surface area (Å²) in [5.41, 5.74) is 6.09. The Balaban J connectivity index is 1.90. The van der Waals surface area contributed by atoms with Crippen molar-refractivity contribution < 1.29 is 9.47 Å². The van der Waals surface area contributed by atoms with Crippen LogP contribution in [-0.4, -0.2) is 28.7 Å². The Morgan fingerprint density at radius 2 is 1.83 bits per heavy atom. The lowest BCUT2D eigenvalue weighted by atomic mass is 9.83. The number of aromatic nitrogens is 2. The Hall–Kier alpha value is -1.36. The average molecular weight is 251 g/mol. The van der Waals surface area contributed by atoms with Gasteiger partial charge in [0.25, 0.3) is 0 Å². The standard InChI is InChI=1S/C13H21N3O2/c1-2-17-11-8-15-9-12(16-11)18-10-13(14)6-4-3-5-7-13/h8-9H,2-7,10,14H2,1H3. The molecule has 5 heteroatoms. The van der Waals surface area contributed by atoms with E-state index in [0.717, 1.165) is 12.8 Å². The number of hydrogen-bond acceptors (Lipinski definition) is 5. The van der Waals surface area contributed by atoms with E-state index in [9.17, 15) is 0 Å². The number of rotatable bonds is 5. The fourth-order valence-electron chi connectivity index (χ4n) is 2.24. The van der Waals surface area contributed by atoms with Crippen LogP contribution in [0.25, 0.3) is 0 Å². The largest absolute Gasteiger partial charge is 0.477 e. The van der Waals surface area contributed by atoms with Gasteiger partial charge in [-0.3, -0.25) is 4.98 Å². The summed E-state index contributed by atoms with van der Waals surface area (Å²) in [6.45, 7) is 2.97. The lowest BCUT2D eigenvalue weighted by Crippen LogP contribution is -2.47. The summed E-state index contributed by atoms with van der Waals surface area (Å²) in [6, 6.07) is 0. The minimum absolute atomic E-state index is 0.207. The molecule has 0 saturated heterocycles. The van der Waals surface area contributed by atoms with Crippen molar-refractivity contribution in [3.05, 3.63) is 12.4 Å². The summed E-state index contributed by atoms with van der Waals surface area (Å²) in [5, 5.41) is 0. The van der Waals surface area contributed by atoms with E-state index in [1.807, 2.05) is 6.92 Å². The third kappa shape index (κ3) is 3.57. The Labute approximate surface area is 108 Å². The molecule has 0 atom stereocenters. The number of hydrogen-bond donors (Lipinski definition) is 1. The van der Waals surface area contributed by atoms with Crippen LogP contribution in [0.15, 0.2) is 12.4 Å². The van der Waals surface area contributed by atoms with Crippen LogP contribution in [0.2, 0.25) is 0 Å². The molecule has 1 aromatic rings. The first-order valence-corrected chi connectivity index (χ1v) is 6.58. The highest BCUT2D eigenvalue weighted by molar-refractivity contribution is 5.13. The zero-order chi connectivity index (χ0) is 12.8. The fourth-order valence-corrected chi connectivity index (χ4v) is 2.24. The first-order valence-electron chi connectivity index (χ1n) is 6.58.